The zero-order valence-electron chi connectivity index (χ0n) is 69.6. The molecule has 2 aromatic carbocycles. The van der Waals surface area contributed by atoms with Crippen LogP contribution in [-0.2, 0) is 91.1 Å². The number of aromatic hydroxyl groups is 1. The van der Waals surface area contributed by atoms with E-state index in [1.807, 2.05) is 39.6 Å². The van der Waals surface area contributed by atoms with Crippen LogP contribution in [0.1, 0.15) is 196 Å². The predicted molar refractivity (Wildman–Crippen MR) is 445 cm³/mol. The van der Waals surface area contributed by atoms with E-state index in [0.29, 0.717) is 55.4 Å². The molecule has 17 N–H and O–H groups in total. The number of carboxylic acid groups (broad SMARTS) is 5. The van der Waals surface area contributed by atoms with Gasteiger partial charge >= 0.3 is 54.0 Å². The van der Waals surface area contributed by atoms with Crippen LogP contribution in [0.2, 0.25) is 0 Å². The molecule has 12 amide bonds. The number of nitrogens with zero attached hydrogens (tertiary/aromatic N) is 3. The summed E-state index contributed by atoms with van der Waals surface area (Å²) in [6.07, 6.45) is 2.04. The fraction of sp³-hybridized carbons (Fsp3) is 0.608. The van der Waals surface area contributed by atoms with Crippen LogP contribution in [0.15, 0.2) is 53.9 Å². The zero-order valence-corrected chi connectivity index (χ0v) is 72.0. The van der Waals surface area contributed by atoms with Gasteiger partial charge in [0.1, 0.15) is 60.0 Å². The summed E-state index contributed by atoms with van der Waals surface area (Å²) in [5, 5.41) is 81.9. The fourth-order valence-electron chi connectivity index (χ4n) is 12.6. The van der Waals surface area contributed by atoms with E-state index in [0.717, 1.165) is 71.6 Å². The van der Waals surface area contributed by atoms with Crippen molar-refractivity contribution >= 4 is 128 Å². The van der Waals surface area contributed by atoms with Gasteiger partial charge in [-0.1, -0.05) is 125 Å². The summed E-state index contributed by atoms with van der Waals surface area (Å²) in [6.45, 7) is 15.3. The van der Waals surface area contributed by atoms with E-state index < -0.39 is 170 Å². The number of phenols is 1. The topological polar surface area (TPSA) is 574 Å². The highest BCUT2D eigenvalue weighted by Crippen LogP contribution is 2.33. The predicted octanol–water partition coefficient (Wildman–Crippen LogP) is 5.09. The maximum absolute atomic E-state index is 15.1. The van der Waals surface area contributed by atoms with Crippen LogP contribution in [0.3, 0.4) is 0 Å². The lowest BCUT2D eigenvalue weighted by Crippen LogP contribution is -2.59. The van der Waals surface area contributed by atoms with Crippen molar-refractivity contribution in [2.45, 2.75) is 238 Å². The number of ether oxygens (including phenoxy) is 3. The normalized spacial score (nSPS) is 15.3. The third-order valence-electron chi connectivity index (χ3n) is 19.5. The molecular weight excluding hydrogens is 1640 g/mol. The highest BCUT2D eigenvalue weighted by atomic mass is 33.1. The van der Waals surface area contributed by atoms with Gasteiger partial charge in [0, 0.05) is 80.4 Å². The zero-order chi connectivity index (χ0) is 89.8. The number of carboxylic acids is 5. The number of amides is 12. The number of piperidine rings is 1. The third-order valence-corrected chi connectivity index (χ3v) is 22.9. The Morgan fingerprint density at radius 2 is 1.30 bits per heavy atom. The first-order valence-electron chi connectivity index (χ1n) is 40.1. The van der Waals surface area contributed by atoms with Crippen LogP contribution in [0, 0.1) is 17.8 Å². The summed E-state index contributed by atoms with van der Waals surface area (Å²) in [7, 11) is 3.78. The molecule has 12 atom stereocenters. The number of rotatable bonds is 55. The Hall–Kier alpha value is -10.6. The molecule has 4 rings (SSSR count). The number of hydrogen-bond donors (Lipinski definition) is 17. The number of likely N-dealkylation sites (N-methyl/N-ethyl adjacent to an activating group) is 1. The third kappa shape index (κ3) is 39.7. The van der Waals surface area contributed by atoms with Crippen molar-refractivity contribution in [3.8, 4) is 5.75 Å². The van der Waals surface area contributed by atoms with Crippen molar-refractivity contribution in [1.29, 1.82) is 0 Å². The number of hydrogen-bond acceptors (Lipinski definition) is 25. The summed E-state index contributed by atoms with van der Waals surface area (Å²) in [5.41, 5.74) is 6.05. The highest BCUT2D eigenvalue weighted by Gasteiger charge is 2.40. The van der Waals surface area contributed by atoms with Crippen LogP contribution in [0.25, 0.3) is 0 Å². The molecule has 1 aromatic heterocycles. The molecule has 0 bridgehead atoms. The molecule has 1 saturated heterocycles. The first-order valence-corrected chi connectivity index (χ1v) is 43.5. The molecule has 1 unspecified atom stereocenters. The van der Waals surface area contributed by atoms with Gasteiger partial charge in [-0.05, 0) is 119 Å². The van der Waals surface area contributed by atoms with Crippen molar-refractivity contribution in [2.24, 2.45) is 17.8 Å². The minimum Gasteiger partial charge on any atom is -0.508 e. The van der Waals surface area contributed by atoms with Gasteiger partial charge < -0.3 is 97.6 Å². The minimum absolute atomic E-state index is 0.0103. The average molecular weight is 1760 g/mol. The van der Waals surface area contributed by atoms with Crippen molar-refractivity contribution in [3.63, 3.8) is 0 Å². The number of thiazole rings is 1. The van der Waals surface area contributed by atoms with Gasteiger partial charge in [-0.3, -0.25) is 63.1 Å². The molecule has 42 heteroatoms. The van der Waals surface area contributed by atoms with E-state index in [-0.39, 0.29) is 110 Å². The number of hydrazine groups is 1. The minimum atomic E-state index is -1.97. The van der Waals surface area contributed by atoms with E-state index in [4.69, 9.17) is 19.3 Å². The quantitative estimate of drug-likeness (QED) is 0.0115. The Morgan fingerprint density at radius 3 is 1.91 bits per heavy atom. The Morgan fingerprint density at radius 1 is 0.653 bits per heavy atom. The number of esters is 1. The number of phenolic OH excluding ortho intramolecular Hbond substituents is 1. The summed E-state index contributed by atoms with van der Waals surface area (Å²) in [6, 6.07) is 1.15. The van der Waals surface area contributed by atoms with Crippen molar-refractivity contribution in [1.82, 2.24) is 73.5 Å². The maximum atomic E-state index is 15.1. The van der Waals surface area contributed by atoms with Gasteiger partial charge in [0.15, 0.2) is 6.10 Å². The van der Waals surface area contributed by atoms with E-state index in [2.05, 4.69) is 70.6 Å². The molecule has 39 nitrogen and oxygen atoms in total. The van der Waals surface area contributed by atoms with E-state index in [1.165, 1.54) is 36.6 Å². The van der Waals surface area contributed by atoms with Gasteiger partial charge in [-0.25, -0.2) is 34.4 Å². The molecule has 1 aliphatic heterocycles. The number of nitrogens with one attached hydrogen (secondary N) is 11. The van der Waals surface area contributed by atoms with Gasteiger partial charge in [0.05, 0.1) is 25.3 Å². The van der Waals surface area contributed by atoms with E-state index in [9.17, 15) is 97.5 Å². The number of benzene rings is 2. The van der Waals surface area contributed by atoms with E-state index in [1.54, 1.807) is 43.0 Å². The Kier molecular flexibility index (Phi) is 46.4. The van der Waals surface area contributed by atoms with Gasteiger partial charge in [0.2, 0.25) is 35.4 Å². The Bertz CT molecular complexity index is 3920. The molecule has 121 heavy (non-hydrogen) atoms. The van der Waals surface area contributed by atoms with Crippen LogP contribution in [0.4, 0.5) is 14.4 Å². The number of carbonyl (C=O) groups excluding carboxylic acids is 11. The van der Waals surface area contributed by atoms with Gasteiger partial charge in [0.25, 0.3) is 5.91 Å². The largest absolute Gasteiger partial charge is 0.508 e. The summed E-state index contributed by atoms with van der Waals surface area (Å²) < 4.78 is 17.3. The first-order chi connectivity index (χ1) is 57.4. The SMILES string of the molecule is CCCCCOCN(C(=O)[C@@H](NC(=O)[C@H]1CCCCN1C)C(C)CC)[C@H](C[C@@H](OC(C)=O)c1nc(C(=O)N[C@@H](Cc2ccc(O)cc2)C[C@H](C)C(=O)NNC(=O)OCCSSC[C@H](NC(=O)[C@H](CC(=O)O)NC(=O)[C@H](CC(=O)O)NC(=O)Cc2ccc(CNC(=O)NCCCC[C@@H](C)NC(=O)N[C@@H](CCC(=O)O)C(=O)O)cc2)C(=O)O)cs1)C(C)C. The fourth-order valence-corrected chi connectivity index (χ4v) is 15.5. The van der Waals surface area contributed by atoms with Crippen molar-refractivity contribution in [2.75, 3.05) is 51.6 Å². The summed E-state index contributed by atoms with van der Waals surface area (Å²) >= 11 is 1.06. The van der Waals surface area contributed by atoms with Crippen molar-refractivity contribution in [3.05, 3.63) is 81.3 Å². The molecule has 1 fully saturated rings. The van der Waals surface area contributed by atoms with Crippen LogP contribution >= 0.6 is 32.9 Å². The highest BCUT2D eigenvalue weighted by molar-refractivity contribution is 8.76. The lowest BCUT2D eigenvalue weighted by Gasteiger charge is -2.40. The molecule has 0 aliphatic carbocycles. The molecule has 3 aromatic rings. The Labute approximate surface area is 714 Å². The maximum Gasteiger partial charge on any atom is 0.426 e. The lowest BCUT2D eigenvalue weighted by atomic mass is 9.92. The van der Waals surface area contributed by atoms with Gasteiger partial charge in [-0.15, -0.1) is 11.3 Å². The Balaban J connectivity index is 1.28. The van der Waals surface area contributed by atoms with Crippen LogP contribution in [-0.4, -0.2) is 247 Å². The second-order valence-electron chi connectivity index (χ2n) is 29.9. The van der Waals surface area contributed by atoms with Crippen LogP contribution in [0.5, 0.6) is 5.75 Å². The number of carbonyl (C=O) groups is 16. The summed E-state index contributed by atoms with van der Waals surface area (Å²) in [4.78, 5) is 214. The second-order valence-corrected chi connectivity index (χ2v) is 33.4. The van der Waals surface area contributed by atoms with Crippen molar-refractivity contribution < 1.29 is 122 Å². The molecular formula is C79H118N14O25S3. The number of likely N-dealkylation sites (tertiary alicyclic amines) is 1. The second kappa shape index (κ2) is 54.6. The molecule has 0 saturated carbocycles. The summed E-state index contributed by atoms with van der Waals surface area (Å²) in [5.74, 6) is -15.1. The number of aliphatic carboxylic acids is 5. The standard InChI is InChI=1S/C79H118N14O25S3/c1-10-12-17-32-116-44-93(74(108)67(46(5)11-2)89-72(107)60-19-14-16-31-92(60)9)61(45(3)4)40-62(118-49(8)94)73-87-58(42-119-73)71(106)83-53(36-50-24-26-54(95)27-25-50)35-47(6)68(103)90-91-79(115)117-33-34-120-121-43-59(76(111)112)86-70(105)57(39-66(101)102)85-69(104)56(38-65(99)100)84-63(96)37-51-20-22-52(23-21-51)41-81-77(113)80-30-15-13-18-48(7)82-78(114)88-55(75(109)110)28-29-64(97)98/h20-27,42,45-48,53,55-57,59-62,67,95H,10-19,28-41,43-44H2,1-9H3,(H,83,106)(H,84,96)(H,85,104)(H,86,105)(H,89,107)(H,90,103)(H,91,115)(H,97,98)(H,99,100)(H,101,102)(H,109,110)(H,111,112)(H2,80,81,113)(H2,82,88,114)/t46?,47-,48+,53+,55-,56-,57-,59-,60+,61+,62+,67-/m0/s1. The number of unbranched alkanes of at least 4 members (excludes halogenated alkanes) is 3. The lowest BCUT2D eigenvalue weighted by molar-refractivity contribution is -0.153. The number of urea groups is 2. The molecule has 672 valence electrons. The van der Waals surface area contributed by atoms with Crippen LogP contribution < -0.4 is 58.7 Å². The molecule has 2 heterocycles. The monoisotopic (exact) mass is 1760 g/mol. The number of aromatic nitrogens is 1. The van der Waals surface area contributed by atoms with Gasteiger partial charge in [-0.2, -0.15) is 0 Å². The molecule has 0 spiro atoms. The average Bonchev–Trinajstić information content (AvgIpc) is 1.60. The molecule has 0 radical (unpaired) electrons. The smallest absolute Gasteiger partial charge is 0.426 e. The van der Waals surface area contributed by atoms with E-state index >= 15 is 4.79 Å². The first kappa shape index (κ1) is 103. The molecule has 1 aliphatic rings.